The van der Waals surface area contributed by atoms with Crippen LogP contribution in [0, 0.1) is 17.8 Å². The lowest BCUT2D eigenvalue weighted by Crippen LogP contribution is -2.53. The number of aliphatic hydroxyl groups is 1. The maximum atomic E-state index is 14.3. The normalized spacial score (nSPS) is 19.2. The Labute approximate surface area is 704 Å². The quantitative estimate of drug-likeness (QED) is 0.0203. The molecule has 3 fully saturated rings. The van der Waals surface area contributed by atoms with E-state index in [1.807, 2.05) is 35.6 Å². The number of anilines is 2. The Bertz CT molecular complexity index is 4130. The van der Waals surface area contributed by atoms with Crippen molar-refractivity contribution in [1.29, 1.82) is 0 Å². The number of ether oxygens (including phenoxy) is 12. The van der Waals surface area contributed by atoms with Crippen LogP contribution < -0.4 is 45.1 Å². The predicted molar refractivity (Wildman–Crippen MR) is 453 cm³/mol. The van der Waals surface area contributed by atoms with Gasteiger partial charge in [0.2, 0.25) is 35.4 Å². The minimum absolute atomic E-state index is 0.0146. The monoisotopic (exact) mass is 1670 g/mol. The number of carbonyl (C=O) groups excluding carboxylic acids is 7. The second kappa shape index (κ2) is 47.7. The number of likely N-dealkylation sites (N-methyl/N-ethyl adjacent to an activating group) is 1. The topological polar surface area (TPSA) is 340 Å². The lowest BCUT2D eigenvalue weighted by Gasteiger charge is -2.34. The van der Waals surface area contributed by atoms with Crippen LogP contribution in [-0.2, 0) is 66.7 Å². The molecule has 2 saturated heterocycles. The van der Waals surface area contributed by atoms with Crippen molar-refractivity contribution >= 4 is 87.7 Å². The number of methoxy groups -OCH3 is 2. The van der Waals surface area contributed by atoms with Crippen LogP contribution in [-0.4, -0.2) is 282 Å². The van der Waals surface area contributed by atoms with E-state index in [4.69, 9.17) is 66.8 Å². The molecule has 0 aromatic heterocycles. The molecule has 6 aliphatic heterocycles. The molecule has 4 aromatic rings. The van der Waals surface area contributed by atoms with Crippen molar-refractivity contribution in [3.63, 3.8) is 0 Å². The van der Waals surface area contributed by atoms with Crippen molar-refractivity contribution in [2.24, 2.45) is 27.7 Å². The second-order valence-electron chi connectivity index (χ2n) is 31.4. The molecule has 654 valence electrons. The summed E-state index contributed by atoms with van der Waals surface area (Å²) < 4.78 is 68.5. The van der Waals surface area contributed by atoms with Gasteiger partial charge in [0.1, 0.15) is 12.1 Å². The molecule has 11 rings (SSSR count). The Morgan fingerprint density at radius 2 is 1.07 bits per heavy atom. The molecule has 31 heteroatoms. The van der Waals surface area contributed by atoms with Gasteiger partial charge in [-0.2, -0.15) is 0 Å². The van der Waals surface area contributed by atoms with Crippen molar-refractivity contribution in [2.75, 3.05) is 190 Å². The van der Waals surface area contributed by atoms with E-state index in [2.05, 4.69) is 62.4 Å². The first-order chi connectivity index (χ1) is 58.4. The molecule has 0 radical (unpaired) electrons. The van der Waals surface area contributed by atoms with Gasteiger partial charge in [-0.1, -0.05) is 76.6 Å². The Morgan fingerprint density at radius 1 is 0.542 bits per heavy atom. The number of amides is 7. The zero-order valence-corrected chi connectivity index (χ0v) is 70.6. The van der Waals surface area contributed by atoms with E-state index in [1.54, 1.807) is 75.4 Å². The van der Waals surface area contributed by atoms with Gasteiger partial charge >= 0.3 is 0 Å². The third kappa shape index (κ3) is 26.8. The molecule has 5 N–H and O–H groups in total. The Hall–Kier alpha value is -9.41. The first kappa shape index (κ1) is 91.3. The number of likely N-dealkylation sites (tertiary alicyclic amines) is 1. The van der Waals surface area contributed by atoms with Crippen molar-refractivity contribution in [3.05, 3.63) is 107 Å². The van der Waals surface area contributed by atoms with E-state index in [9.17, 15) is 38.7 Å². The second-order valence-corrected chi connectivity index (χ2v) is 31.4. The van der Waals surface area contributed by atoms with E-state index in [1.165, 1.54) is 43.4 Å². The molecule has 7 aliphatic rings. The van der Waals surface area contributed by atoms with Gasteiger partial charge in [0.15, 0.2) is 29.2 Å². The molecule has 4 aromatic carbocycles. The van der Waals surface area contributed by atoms with Gasteiger partial charge < -0.3 is 103 Å². The average Bonchev–Trinajstić information content (AvgIpc) is 1.62. The molecular weight excluding hydrogens is 1540 g/mol. The number of nitrogens with zero attached hydrogens (tertiary/aromatic N) is 7. The standard InChI is InChI=1S/C89H123N11O20/c1-61(2)84(95-82(102)25-34-111-36-38-113-40-42-115-44-46-117-48-49-118-47-45-116-43-41-114-39-37-112-35-26-90-81(101)24-27-98-83(103)54-72(87(98)106)65-14-11-9-7-8-10-12-15-65)86(105)93-62(3)85(104)94-68-20-16-63(17-21-68)66-50-70-57-91-75-55-79(77(109-5)52-73(75)88(107)99(70)59-66)119-32-13-33-120-80-56-76-74(53-78(80)110-6)89(108)100-60-67(51-71(100)58-92-76)64-18-22-69(23-19-64)97-30-28-96(4)29-31-97/h16-23,52-53,55-62,65,70-72,84,89,108H,7-15,24-51,54H2,1-6H3,(H,90,101)(H,93,105)(H,94,104)(H,95,102)/t62-,70-,71-,72?,84-,89?/m0/s1. The number of aliphatic hydroxyl groups excluding tert-OH is 1. The van der Waals surface area contributed by atoms with Gasteiger partial charge in [-0.15, -0.1) is 0 Å². The van der Waals surface area contributed by atoms with E-state index < -0.39 is 30.1 Å². The number of carbonyl (C=O) groups is 7. The predicted octanol–water partition coefficient (Wildman–Crippen LogP) is 8.84. The van der Waals surface area contributed by atoms with E-state index in [0.717, 1.165) is 74.1 Å². The number of hydrogen-bond donors (Lipinski definition) is 5. The fourth-order valence-electron chi connectivity index (χ4n) is 15.6. The summed E-state index contributed by atoms with van der Waals surface area (Å²) in [5, 5.41) is 23.0. The fourth-order valence-corrected chi connectivity index (χ4v) is 15.6. The molecule has 0 spiro atoms. The highest BCUT2D eigenvalue weighted by Gasteiger charge is 2.43. The van der Waals surface area contributed by atoms with Crippen molar-refractivity contribution < 1.29 is 95.5 Å². The molecule has 7 amide bonds. The first-order valence-corrected chi connectivity index (χ1v) is 42.7. The molecule has 1 saturated carbocycles. The maximum absolute atomic E-state index is 14.3. The van der Waals surface area contributed by atoms with Crippen LogP contribution in [0.15, 0.2) is 95.2 Å². The number of fused-ring (bicyclic) bond motifs is 4. The Morgan fingerprint density at radius 3 is 1.66 bits per heavy atom. The van der Waals surface area contributed by atoms with Crippen LogP contribution >= 0.6 is 0 Å². The number of imide groups is 1. The number of piperazine rings is 1. The highest BCUT2D eigenvalue weighted by atomic mass is 16.6. The van der Waals surface area contributed by atoms with Crippen LogP contribution in [0.4, 0.5) is 22.7 Å². The summed E-state index contributed by atoms with van der Waals surface area (Å²) in [7, 11) is 5.24. The van der Waals surface area contributed by atoms with Crippen molar-refractivity contribution in [2.45, 2.75) is 141 Å². The summed E-state index contributed by atoms with van der Waals surface area (Å²) in [6.07, 6.45) is 17.7. The third-order valence-corrected chi connectivity index (χ3v) is 22.5. The minimum atomic E-state index is -0.954. The van der Waals surface area contributed by atoms with Crippen molar-refractivity contribution in [3.8, 4) is 23.0 Å². The van der Waals surface area contributed by atoms with Crippen LogP contribution in [0.3, 0.4) is 0 Å². The summed E-state index contributed by atoms with van der Waals surface area (Å²) in [6, 6.07) is 20.6. The van der Waals surface area contributed by atoms with Crippen LogP contribution in [0.1, 0.15) is 144 Å². The molecule has 6 atom stereocenters. The summed E-state index contributed by atoms with van der Waals surface area (Å²) in [6.45, 7) is 15.9. The summed E-state index contributed by atoms with van der Waals surface area (Å²) in [5.74, 6) is -0.586. The highest BCUT2D eigenvalue weighted by molar-refractivity contribution is 6.06. The van der Waals surface area contributed by atoms with E-state index >= 15 is 0 Å². The molecule has 6 heterocycles. The SMILES string of the molecule is COc1cc2c(cc1OCCCOc1cc3c(cc1OC)C(O)N1C=C(c4ccc(N5CCN(C)CC5)cc4)C[C@H]1C=N3)N=C[C@@H]1CC(c3ccc(NC(=O)[C@H](C)NC(=O)[C@@H](NC(=O)CCOCCOCCOCCOCCOCCOCCOCCOCCNC(=O)CCN4C(=O)CC(C5CCCCCCCC5)C4=O)C(C)C)cc3)=CN1C2=O. The van der Waals surface area contributed by atoms with Crippen molar-refractivity contribution in [1.82, 2.24) is 35.6 Å². The van der Waals surface area contributed by atoms with Crippen LogP contribution in [0.5, 0.6) is 23.0 Å². The largest absolute Gasteiger partial charge is 0.493 e. The molecular formula is C89H123N11O20. The number of hydrogen-bond acceptors (Lipinski definition) is 25. The van der Waals surface area contributed by atoms with Gasteiger partial charge in [-0.3, -0.25) is 48.4 Å². The smallest absolute Gasteiger partial charge is 0.260 e. The maximum Gasteiger partial charge on any atom is 0.260 e. The zero-order valence-electron chi connectivity index (χ0n) is 70.6. The molecule has 2 unspecified atom stereocenters. The van der Waals surface area contributed by atoms with Gasteiger partial charge in [-0.25, -0.2) is 0 Å². The molecule has 1 aliphatic carbocycles. The Balaban J connectivity index is 0.484. The number of aliphatic imine (C=N–C) groups is 2. The van der Waals surface area contributed by atoms with Gasteiger partial charge in [0.25, 0.3) is 5.91 Å². The van der Waals surface area contributed by atoms with Crippen LogP contribution in [0.25, 0.3) is 11.1 Å². The number of benzene rings is 4. The van der Waals surface area contributed by atoms with Crippen LogP contribution in [0.2, 0.25) is 0 Å². The number of nitrogens with one attached hydrogen (secondary N) is 4. The van der Waals surface area contributed by atoms with Gasteiger partial charge in [0.05, 0.1) is 168 Å². The van der Waals surface area contributed by atoms with E-state index in [0.29, 0.717) is 169 Å². The lowest BCUT2D eigenvalue weighted by atomic mass is 9.83. The minimum Gasteiger partial charge on any atom is -0.493 e. The molecule has 31 nitrogen and oxygen atoms in total. The molecule has 120 heavy (non-hydrogen) atoms. The van der Waals surface area contributed by atoms with Gasteiger partial charge in [-0.05, 0) is 104 Å². The fraction of sp³-hybridized carbons (Fsp3) is 0.584. The number of rotatable bonds is 48. The van der Waals surface area contributed by atoms with E-state index in [-0.39, 0.29) is 112 Å². The Kier molecular flexibility index (Phi) is 36.3. The summed E-state index contributed by atoms with van der Waals surface area (Å²) >= 11 is 0. The zero-order chi connectivity index (χ0) is 84.5. The summed E-state index contributed by atoms with van der Waals surface area (Å²) in [5.41, 5.74) is 7.73. The highest BCUT2D eigenvalue weighted by Crippen LogP contribution is 2.45. The average molecular weight is 1670 g/mol. The molecule has 0 bridgehead atoms. The van der Waals surface area contributed by atoms with Gasteiger partial charge in [0, 0.05) is 125 Å². The lowest BCUT2D eigenvalue weighted by molar-refractivity contribution is -0.140. The summed E-state index contributed by atoms with van der Waals surface area (Å²) in [4.78, 5) is 112. The third-order valence-electron chi connectivity index (χ3n) is 22.5. The first-order valence-electron chi connectivity index (χ1n) is 42.7.